The third-order valence-electron chi connectivity index (χ3n) is 3.57. The van der Waals surface area contributed by atoms with Crippen LogP contribution >= 0.6 is 0 Å². The molecule has 0 aliphatic rings. The number of halogens is 1. The van der Waals surface area contributed by atoms with Gasteiger partial charge in [-0.1, -0.05) is 29.8 Å². The number of fused-ring (bicyclic) bond motifs is 1. The summed E-state index contributed by atoms with van der Waals surface area (Å²) in [7, 11) is 0. The maximum absolute atomic E-state index is 13.5. The van der Waals surface area contributed by atoms with Gasteiger partial charge < -0.3 is 5.32 Å². The van der Waals surface area contributed by atoms with Crippen LogP contribution in [-0.4, -0.2) is 22.6 Å². The fourth-order valence-corrected chi connectivity index (χ4v) is 2.40. The van der Waals surface area contributed by atoms with Gasteiger partial charge in [-0.2, -0.15) is 5.10 Å². The highest BCUT2D eigenvalue weighted by Crippen LogP contribution is 2.17. The number of hydrogen-bond donors (Lipinski definition) is 2. The third-order valence-corrected chi connectivity index (χ3v) is 3.57. The van der Waals surface area contributed by atoms with Crippen molar-refractivity contribution in [2.24, 2.45) is 0 Å². The lowest BCUT2D eigenvalue weighted by atomic mass is 10.1. The topological polar surface area (TPSA) is 57.8 Å². The number of rotatable bonds is 4. The molecule has 5 heteroatoms. The summed E-state index contributed by atoms with van der Waals surface area (Å²) in [4.78, 5) is 12.2. The molecule has 1 aromatic heterocycles. The summed E-state index contributed by atoms with van der Waals surface area (Å²) in [5, 5.41) is 10.5. The second-order valence-electron chi connectivity index (χ2n) is 5.22. The summed E-state index contributed by atoms with van der Waals surface area (Å²) in [6.45, 7) is 2.33. The number of H-pyrrole nitrogens is 1. The highest BCUT2D eigenvalue weighted by Gasteiger charge is 2.13. The van der Waals surface area contributed by atoms with E-state index in [2.05, 4.69) is 15.5 Å². The van der Waals surface area contributed by atoms with Crippen LogP contribution in [0.25, 0.3) is 10.9 Å². The lowest BCUT2D eigenvalue weighted by Gasteiger charge is -2.05. The van der Waals surface area contributed by atoms with E-state index in [1.54, 1.807) is 18.2 Å². The van der Waals surface area contributed by atoms with Crippen LogP contribution in [0.3, 0.4) is 0 Å². The SMILES string of the molecule is Cc1ccc2[nH]nc(C(=O)NCCc3ccccc3F)c2c1. The molecule has 1 heterocycles. The van der Waals surface area contributed by atoms with Gasteiger partial charge >= 0.3 is 0 Å². The minimum atomic E-state index is -0.256. The van der Waals surface area contributed by atoms with Crippen molar-refractivity contribution in [1.82, 2.24) is 15.5 Å². The van der Waals surface area contributed by atoms with E-state index in [1.165, 1.54) is 6.07 Å². The van der Waals surface area contributed by atoms with Crippen molar-refractivity contribution in [2.45, 2.75) is 13.3 Å². The molecule has 0 unspecified atom stereocenters. The molecule has 1 amide bonds. The van der Waals surface area contributed by atoms with Gasteiger partial charge in [-0.15, -0.1) is 0 Å². The predicted octanol–water partition coefficient (Wildman–Crippen LogP) is 2.98. The molecule has 0 bridgehead atoms. The van der Waals surface area contributed by atoms with Crippen molar-refractivity contribution in [3.05, 3.63) is 65.1 Å². The lowest BCUT2D eigenvalue weighted by Crippen LogP contribution is -2.26. The second kappa shape index (κ2) is 5.97. The van der Waals surface area contributed by atoms with Crippen molar-refractivity contribution in [3.8, 4) is 0 Å². The fourth-order valence-electron chi connectivity index (χ4n) is 2.40. The van der Waals surface area contributed by atoms with Gasteiger partial charge in [-0.05, 0) is 37.1 Å². The zero-order valence-electron chi connectivity index (χ0n) is 12.2. The first-order chi connectivity index (χ1) is 10.6. The maximum atomic E-state index is 13.5. The Morgan fingerprint density at radius 1 is 1.27 bits per heavy atom. The van der Waals surface area contributed by atoms with Crippen molar-refractivity contribution in [3.63, 3.8) is 0 Å². The van der Waals surface area contributed by atoms with Crippen LogP contribution in [0.1, 0.15) is 21.6 Å². The van der Waals surface area contributed by atoms with E-state index >= 15 is 0 Å². The normalized spacial score (nSPS) is 10.8. The number of amides is 1. The first-order valence-corrected chi connectivity index (χ1v) is 7.11. The first-order valence-electron chi connectivity index (χ1n) is 7.11. The number of benzene rings is 2. The monoisotopic (exact) mass is 297 g/mol. The van der Waals surface area contributed by atoms with Crippen molar-refractivity contribution >= 4 is 16.8 Å². The second-order valence-corrected chi connectivity index (χ2v) is 5.22. The van der Waals surface area contributed by atoms with Crippen LogP contribution in [0.2, 0.25) is 0 Å². The van der Waals surface area contributed by atoms with Gasteiger partial charge in [0.15, 0.2) is 5.69 Å². The van der Waals surface area contributed by atoms with Crippen molar-refractivity contribution in [2.75, 3.05) is 6.54 Å². The summed E-state index contributed by atoms with van der Waals surface area (Å²) in [5.74, 6) is -0.509. The van der Waals surface area contributed by atoms with Crippen LogP contribution in [0.15, 0.2) is 42.5 Å². The Hall–Kier alpha value is -2.69. The summed E-state index contributed by atoms with van der Waals surface area (Å²) in [5.41, 5.74) is 2.84. The van der Waals surface area contributed by atoms with Crippen molar-refractivity contribution < 1.29 is 9.18 Å². The van der Waals surface area contributed by atoms with Crippen LogP contribution in [0.4, 0.5) is 4.39 Å². The molecular formula is C17H16FN3O. The van der Waals surface area contributed by atoms with E-state index in [-0.39, 0.29) is 11.7 Å². The minimum absolute atomic E-state index is 0.252. The molecule has 3 rings (SSSR count). The molecule has 0 saturated heterocycles. The molecule has 2 N–H and O–H groups in total. The van der Waals surface area contributed by atoms with Crippen LogP contribution in [0.5, 0.6) is 0 Å². The molecule has 4 nitrogen and oxygen atoms in total. The summed E-state index contributed by atoms with van der Waals surface area (Å²) in [6, 6.07) is 12.3. The zero-order valence-corrected chi connectivity index (χ0v) is 12.2. The lowest BCUT2D eigenvalue weighted by molar-refractivity contribution is 0.0950. The van der Waals surface area contributed by atoms with Gasteiger partial charge in [0, 0.05) is 11.9 Å². The van der Waals surface area contributed by atoms with Gasteiger partial charge in [0.1, 0.15) is 5.82 Å². The summed E-state index contributed by atoms with van der Waals surface area (Å²) >= 11 is 0. The largest absolute Gasteiger partial charge is 0.350 e. The number of nitrogens with one attached hydrogen (secondary N) is 2. The van der Waals surface area contributed by atoms with E-state index < -0.39 is 0 Å². The maximum Gasteiger partial charge on any atom is 0.272 e. The number of carbonyl (C=O) groups excluding carboxylic acids is 1. The Kier molecular flexibility index (Phi) is 3.87. The quantitative estimate of drug-likeness (QED) is 0.778. The molecule has 22 heavy (non-hydrogen) atoms. The van der Waals surface area contributed by atoms with E-state index in [4.69, 9.17) is 0 Å². The summed E-state index contributed by atoms with van der Waals surface area (Å²) < 4.78 is 13.5. The van der Waals surface area contributed by atoms with E-state index in [0.29, 0.717) is 24.2 Å². The molecule has 0 saturated carbocycles. The molecule has 0 atom stereocenters. The highest BCUT2D eigenvalue weighted by atomic mass is 19.1. The molecule has 0 aliphatic heterocycles. The summed E-state index contributed by atoms with van der Waals surface area (Å²) in [6.07, 6.45) is 0.444. The molecule has 2 aromatic carbocycles. The van der Waals surface area contributed by atoms with Gasteiger partial charge in [-0.25, -0.2) is 4.39 Å². The number of aryl methyl sites for hydroxylation is 1. The van der Waals surface area contributed by atoms with E-state index in [0.717, 1.165) is 16.5 Å². The van der Waals surface area contributed by atoms with Crippen LogP contribution in [0, 0.1) is 12.7 Å². The Morgan fingerprint density at radius 3 is 2.91 bits per heavy atom. The number of aromatic nitrogens is 2. The van der Waals surface area contributed by atoms with E-state index in [1.807, 2.05) is 25.1 Å². The number of hydrogen-bond acceptors (Lipinski definition) is 2. The van der Waals surface area contributed by atoms with Gasteiger partial charge in [-0.3, -0.25) is 9.89 Å². The zero-order chi connectivity index (χ0) is 15.5. The Bertz CT molecular complexity index is 826. The first kappa shape index (κ1) is 14.3. The number of nitrogens with zero attached hydrogens (tertiary/aromatic N) is 1. The molecule has 0 aliphatic carbocycles. The smallest absolute Gasteiger partial charge is 0.272 e. The molecule has 3 aromatic rings. The third kappa shape index (κ3) is 2.83. The Balaban J connectivity index is 1.69. The Labute approximate surface area is 127 Å². The standard InChI is InChI=1S/C17H16FN3O/c1-11-6-7-15-13(10-11)16(21-20-15)17(22)19-9-8-12-4-2-3-5-14(12)18/h2-7,10H,8-9H2,1H3,(H,19,22)(H,20,21). The number of aromatic amines is 1. The molecule has 112 valence electrons. The average Bonchev–Trinajstić information content (AvgIpc) is 2.92. The van der Waals surface area contributed by atoms with Crippen LogP contribution < -0.4 is 5.32 Å². The van der Waals surface area contributed by atoms with E-state index in [9.17, 15) is 9.18 Å². The molecule has 0 radical (unpaired) electrons. The van der Waals surface area contributed by atoms with Crippen molar-refractivity contribution in [1.29, 1.82) is 0 Å². The highest BCUT2D eigenvalue weighted by molar-refractivity contribution is 6.04. The molecule has 0 fully saturated rings. The minimum Gasteiger partial charge on any atom is -0.350 e. The molecule has 0 spiro atoms. The molecular weight excluding hydrogens is 281 g/mol. The number of carbonyl (C=O) groups is 1. The predicted molar refractivity (Wildman–Crippen MR) is 83.3 cm³/mol. The van der Waals surface area contributed by atoms with Crippen LogP contribution in [-0.2, 0) is 6.42 Å². The fraction of sp³-hybridized carbons (Fsp3) is 0.176. The Morgan fingerprint density at radius 2 is 2.09 bits per heavy atom. The average molecular weight is 297 g/mol. The van der Waals surface area contributed by atoms with Gasteiger partial charge in [0.2, 0.25) is 0 Å². The van der Waals surface area contributed by atoms with Gasteiger partial charge in [0.25, 0.3) is 5.91 Å². The van der Waals surface area contributed by atoms with Gasteiger partial charge in [0.05, 0.1) is 5.52 Å².